The van der Waals surface area contributed by atoms with Crippen molar-refractivity contribution >= 4 is 0 Å². The summed E-state index contributed by atoms with van der Waals surface area (Å²) in [5.41, 5.74) is 2.42. The van der Waals surface area contributed by atoms with Gasteiger partial charge < -0.3 is 14.8 Å². The minimum atomic E-state index is 0.0996. The van der Waals surface area contributed by atoms with Gasteiger partial charge in [-0.2, -0.15) is 0 Å². The van der Waals surface area contributed by atoms with Gasteiger partial charge in [-0.25, -0.2) is 0 Å². The predicted octanol–water partition coefficient (Wildman–Crippen LogP) is 4.32. The van der Waals surface area contributed by atoms with E-state index in [1.165, 1.54) is 5.56 Å². The average molecular weight is 291 g/mol. The molecule has 0 aromatic heterocycles. The largest absolute Gasteiger partial charge is 0.490 e. The minimum absolute atomic E-state index is 0.0996. The Morgan fingerprint density at radius 3 is 2.48 bits per heavy atom. The fourth-order valence-corrected chi connectivity index (χ4v) is 1.75. The number of hydrogen-bond donors (Lipinski definition) is 1. The second-order valence-corrected chi connectivity index (χ2v) is 6.37. The van der Waals surface area contributed by atoms with Crippen molar-refractivity contribution in [1.82, 2.24) is 5.32 Å². The normalized spacial score (nSPS) is 11.3. The van der Waals surface area contributed by atoms with Crippen molar-refractivity contribution in [2.24, 2.45) is 0 Å². The van der Waals surface area contributed by atoms with Gasteiger partial charge in [0.05, 0.1) is 13.2 Å². The molecule has 1 aromatic rings. The second-order valence-electron chi connectivity index (χ2n) is 6.37. The molecule has 1 aromatic carbocycles. The Morgan fingerprint density at radius 2 is 1.90 bits per heavy atom. The summed E-state index contributed by atoms with van der Waals surface area (Å²) in [7, 11) is 0. The Labute approximate surface area is 129 Å². The van der Waals surface area contributed by atoms with Crippen LogP contribution in [-0.2, 0) is 6.54 Å². The molecular formula is C18H29NO2. The molecule has 0 aliphatic carbocycles. The number of nitrogens with one attached hydrogen (secondary N) is 1. The molecule has 0 heterocycles. The summed E-state index contributed by atoms with van der Waals surface area (Å²) < 4.78 is 11.5. The van der Waals surface area contributed by atoms with Crippen LogP contribution < -0.4 is 14.8 Å². The van der Waals surface area contributed by atoms with Gasteiger partial charge in [0.25, 0.3) is 0 Å². The molecule has 21 heavy (non-hydrogen) atoms. The zero-order valence-electron chi connectivity index (χ0n) is 14.1. The fraction of sp³-hybridized carbons (Fsp3) is 0.556. The molecule has 0 radical (unpaired) electrons. The van der Waals surface area contributed by atoms with E-state index in [1.807, 2.05) is 19.9 Å². The molecule has 0 aliphatic heterocycles. The lowest BCUT2D eigenvalue weighted by atomic mass is 10.1. The number of ether oxygens (including phenoxy) is 2. The molecule has 3 nitrogen and oxygen atoms in total. The first-order chi connectivity index (χ1) is 9.81. The summed E-state index contributed by atoms with van der Waals surface area (Å²) in [6, 6.07) is 6.12. The molecule has 0 spiro atoms. The molecule has 0 atom stereocenters. The van der Waals surface area contributed by atoms with Gasteiger partial charge >= 0.3 is 0 Å². The van der Waals surface area contributed by atoms with Crippen molar-refractivity contribution in [1.29, 1.82) is 0 Å². The maximum absolute atomic E-state index is 5.79. The molecule has 0 saturated heterocycles. The third kappa shape index (κ3) is 7.19. The molecule has 0 fully saturated rings. The van der Waals surface area contributed by atoms with Crippen LogP contribution in [0.4, 0.5) is 0 Å². The van der Waals surface area contributed by atoms with Crippen molar-refractivity contribution in [2.75, 3.05) is 13.2 Å². The zero-order valence-corrected chi connectivity index (χ0v) is 14.1. The average Bonchev–Trinajstić information content (AvgIpc) is 2.37. The highest BCUT2D eigenvalue weighted by molar-refractivity contribution is 5.43. The maximum Gasteiger partial charge on any atom is 0.161 e. The van der Waals surface area contributed by atoms with Gasteiger partial charge in [-0.15, -0.1) is 6.58 Å². The molecule has 1 N–H and O–H groups in total. The Morgan fingerprint density at radius 1 is 1.19 bits per heavy atom. The first kappa shape index (κ1) is 17.6. The van der Waals surface area contributed by atoms with Crippen LogP contribution in [0.3, 0.4) is 0 Å². The molecule has 0 bridgehead atoms. The molecule has 118 valence electrons. The number of rotatable bonds is 8. The highest BCUT2D eigenvalue weighted by Gasteiger charge is 2.11. The predicted molar refractivity (Wildman–Crippen MR) is 89.1 cm³/mol. The SMILES string of the molecule is C=C(C)CCOc1ccc(CNC(C)(C)C)cc1OCC. The van der Waals surface area contributed by atoms with Crippen molar-refractivity contribution in [3.05, 3.63) is 35.9 Å². The van der Waals surface area contributed by atoms with E-state index in [9.17, 15) is 0 Å². The molecule has 3 heteroatoms. The highest BCUT2D eigenvalue weighted by atomic mass is 16.5. The van der Waals surface area contributed by atoms with E-state index >= 15 is 0 Å². The minimum Gasteiger partial charge on any atom is -0.490 e. The van der Waals surface area contributed by atoms with Crippen molar-refractivity contribution in [3.63, 3.8) is 0 Å². The Hall–Kier alpha value is -1.48. The standard InChI is InChI=1S/C18H29NO2/c1-7-20-17-12-15(13-19-18(4,5)6)8-9-16(17)21-11-10-14(2)3/h8-9,12,19H,2,7,10-11,13H2,1,3-6H3. The van der Waals surface area contributed by atoms with Crippen molar-refractivity contribution < 1.29 is 9.47 Å². The van der Waals surface area contributed by atoms with E-state index in [4.69, 9.17) is 9.47 Å². The monoisotopic (exact) mass is 291 g/mol. The highest BCUT2D eigenvalue weighted by Crippen LogP contribution is 2.29. The number of hydrogen-bond acceptors (Lipinski definition) is 3. The summed E-state index contributed by atoms with van der Waals surface area (Å²) in [5, 5.41) is 3.48. The quantitative estimate of drug-likeness (QED) is 0.724. The lowest BCUT2D eigenvalue weighted by molar-refractivity contribution is 0.278. The van der Waals surface area contributed by atoms with Gasteiger partial charge in [-0.3, -0.25) is 0 Å². The fourth-order valence-electron chi connectivity index (χ4n) is 1.75. The molecule has 0 amide bonds. The third-order valence-corrected chi connectivity index (χ3v) is 2.92. The molecule has 0 unspecified atom stereocenters. The summed E-state index contributed by atoms with van der Waals surface area (Å²) in [6.07, 6.45) is 0.860. The van der Waals surface area contributed by atoms with Crippen molar-refractivity contribution in [2.45, 2.75) is 53.1 Å². The lowest BCUT2D eigenvalue weighted by Crippen LogP contribution is -2.35. The molecule has 0 saturated carbocycles. The molecule has 0 aliphatic rings. The van der Waals surface area contributed by atoms with E-state index in [0.29, 0.717) is 13.2 Å². The van der Waals surface area contributed by atoms with E-state index in [-0.39, 0.29) is 5.54 Å². The molecular weight excluding hydrogens is 262 g/mol. The first-order valence-electron chi connectivity index (χ1n) is 7.59. The van der Waals surface area contributed by atoms with Crippen LogP contribution in [0.25, 0.3) is 0 Å². The van der Waals surface area contributed by atoms with Gasteiger partial charge in [0.2, 0.25) is 0 Å². The van der Waals surface area contributed by atoms with Crippen LogP contribution >= 0.6 is 0 Å². The first-order valence-corrected chi connectivity index (χ1v) is 7.59. The maximum atomic E-state index is 5.79. The van der Waals surface area contributed by atoms with Gasteiger partial charge in [0, 0.05) is 18.5 Å². The van der Waals surface area contributed by atoms with Crippen LogP contribution in [0.1, 0.15) is 46.6 Å². The van der Waals surface area contributed by atoms with Gasteiger partial charge in [0.15, 0.2) is 11.5 Å². The zero-order chi connectivity index (χ0) is 15.9. The smallest absolute Gasteiger partial charge is 0.161 e. The molecule has 1 rings (SSSR count). The summed E-state index contributed by atoms with van der Waals surface area (Å²) >= 11 is 0. The van der Waals surface area contributed by atoms with Crippen LogP contribution in [0.2, 0.25) is 0 Å². The van der Waals surface area contributed by atoms with Gasteiger partial charge in [0.1, 0.15) is 0 Å². The van der Waals surface area contributed by atoms with Crippen LogP contribution in [0.5, 0.6) is 11.5 Å². The van der Waals surface area contributed by atoms with E-state index < -0.39 is 0 Å². The van der Waals surface area contributed by atoms with E-state index in [1.54, 1.807) is 0 Å². The topological polar surface area (TPSA) is 30.5 Å². The van der Waals surface area contributed by atoms with Gasteiger partial charge in [-0.05, 0) is 52.3 Å². The van der Waals surface area contributed by atoms with E-state index in [2.05, 4.69) is 44.8 Å². The van der Waals surface area contributed by atoms with Crippen LogP contribution in [-0.4, -0.2) is 18.8 Å². The summed E-state index contributed by atoms with van der Waals surface area (Å²) in [4.78, 5) is 0. The lowest BCUT2D eigenvalue weighted by Gasteiger charge is -2.21. The summed E-state index contributed by atoms with van der Waals surface area (Å²) in [6.45, 7) is 16.4. The third-order valence-electron chi connectivity index (χ3n) is 2.92. The second kappa shape index (κ2) is 8.08. The Kier molecular flexibility index (Phi) is 6.76. The van der Waals surface area contributed by atoms with Crippen LogP contribution in [0.15, 0.2) is 30.4 Å². The Bertz CT molecular complexity index is 461. The number of benzene rings is 1. The van der Waals surface area contributed by atoms with Crippen molar-refractivity contribution in [3.8, 4) is 11.5 Å². The summed E-state index contributed by atoms with van der Waals surface area (Å²) in [5.74, 6) is 1.62. The van der Waals surface area contributed by atoms with Gasteiger partial charge in [-0.1, -0.05) is 11.6 Å². The van der Waals surface area contributed by atoms with Crippen LogP contribution in [0, 0.1) is 0 Å². The van der Waals surface area contributed by atoms with E-state index in [0.717, 1.165) is 30.0 Å². The Balaban J connectivity index is 2.73.